The number of thiophene rings is 1. The molecule has 27 heavy (non-hydrogen) atoms. The number of tetrazole rings is 1. The Hall–Kier alpha value is -3.00. The zero-order valence-electron chi connectivity index (χ0n) is 15.5. The monoisotopic (exact) mass is 380 g/mol. The highest BCUT2D eigenvalue weighted by molar-refractivity contribution is 7.09. The average molecular weight is 380 g/mol. The first-order valence-electron chi connectivity index (χ1n) is 8.62. The van der Waals surface area contributed by atoms with Crippen molar-refractivity contribution in [3.05, 3.63) is 57.8 Å². The number of pyridine rings is 1. The Bertz CT molecular complexity index is 1100. The summed E-state index contributed by atoms with van der Waals surface area (Å²) >= 11 is 1.64. The van der Waals surface area contributed by atoms with Crippen LogP contribution >= 0.6 is 11.3 Å². The van der Waals surface area contributed by atoms with Crippen LogP contribution in [0, 0.1) is 6.92 Å². The number of hydrogen-bond acceptors (Lipinski definition) is 5. The van der Waals surface area contributed by atoms with Crippen LogP contribution in [0.1, 0.15) is 16.0 Å². The van der Waals surface area contributed by atoms with E-state index in [4.69, 9.17) is 0 Å². The van der Waals surface area contributed by atoms with Crippen molar-refractivity contribution in [3.63, 3.8) is 0 Å². The molecule has 0 unspecified atom stereocenters. The molecule has 0 aliphatic rings. The fourth-order valence-electron chi connectivity index (χ4n) is 3.26. The van der Waals surface area contributed by atoms with Crippen molar-refractivity contribution >= 4 is 33.9 Å². The van der Waals surface area contributed by atoms with Crippen molar-refractivity contribution in [2.75, 3.05) is 14.1 Å². The molecule has 0 aliphatic heterocycles. The zero-order chi connectivity index (χ0) is 19.0. The number of urea groups is 1. The van der Waals surface area contributed by atoms with E-state index in [2.05, 4.69) is 21.6 Å². The van der Waals surface area contributed by atoms with Crippen molar-refractivity contribution in [2.45, 2.75) is 20.0 Å². The molecule has 7 nitrogen and oxygen atoms in total. The molecule has 0 N–H and O–H groups in total. The minimum Gasteiger partial charge on any atom is -0.331 e. The molecular formula is C19H20N6OS. The van der Waals surface area contributed by atoms with Crippen LogP contribution in [0.15, 0.2) is 41.8 Å². The first-order valence-corrected chi connectivity index (χ1v) is 9.50. The van der Waals surface area contributed by atoms with Gasteiger partial charge in [0.25, 0.3) is 0 Å². The number of rotatable bonds is 4. The summed E-state index contributed by atoms with van der Waals surface area (Å²) in [5.74, 6) is 0. The third-order valence-corrected chi connectivity index (χ3v) is 5.37. The quantitative estimate of drug-likeness (QED) is 0.545. The number of nitrogens with zero attached hydrogens (tertiary/aromatic N) is 6. The fourth-order valence-corrected chi connectivity index (χ4v) is 3.98. The standard InChI is InChI=1S/C19H20N6OS/c1-13-6-4-7-14-10-15(18-20-21-22-25(18)17(13)14)11-24(19(26)23(2)3)12-16-8-5-9-27-16/h4-10H,11-12H2,1-3H3. The maximum atomic E-state index is 12.8. The molecule has 3 aromatic heterocycles. The van der Waals surface area contributed by atoms with Gasteiger partial charge in [-0.15, -0.1) is 16.4 Å². The van der Waals surface area contributed by atoms with Crippen molar-refractivity contribution in [3.8, 4) is 0 Å². The summed E-state index contributed by atoms with van der Waals surface area (Å²) in [6.07, 6.45) is 0. The molecule has 0 radical (unpaired) electrons. The van der Waals surface area contributed by atoms with Gasteiger partial charge < -0.3 is 9.80 Å². The largest absolute Gasteiger partial charge is 0.331 e. The van der Waals surface area contributed by atoms with Crippen LogP contribution < -0.4 is 0 Å². The van der Waals surface area contributed by atoms with Gasteiger partial charge in [-0.3, -0.25) is 0 Å². The number of benzene rings is 1. The number of carbonyl (C=O) groups excluding carboxylic acids is 1. The summed E-state index contributed by atoms with van der Waals surface area (Å²) in [5.41, 5.74) is 3.70. The van der Waals surface area contributed by atoms with Gasteiger partial charge in [-0.1, -0.05) is 24.3 Å². The summed E-state index contributed by atoms with van der Waals surface area (Å²) in [6, 6.07) is 12.2. The van der Waals surface area contributed by atoms with Crippen molar-refractivity contribution in [1.29, 1.82) is 0 Å². The first-order chi connectivity index (χ1) is 13.0. The summed E-state index contributed by atoms with van der Waals surface area (Å²) in [7, 11) is 3.53. The fraction of sp³-hybridized carbons (Fsp3) is 0.263. The van der Waals surface area contributed by atoms with Crippen molar-refractivity contribution < 1.29 is 4.79 Å². The second-order valence-corrected chi connectivity index (χ2v) is 7.74. The number of hydrogen-bond donors (Lipinski definition) is 0. The highest BCUT2D eigenvalue weighted by Crippen LogP contribution is 2.24. The molecule has 138 valence electrons. The van der Waals surface area contributed by atoms with Gasteiger partial charge >= 0.3 is 6.03 Å². The molecule has 4 aromatic rings. The Labute approximate surface area is 160 Å². The van der Waals surface area contributed by atoms with Crippen LogP contribution in [0.2, 0.25) is 0 Å². The van der Waals surface area contributed by atoms with Gasteiger partial charge in [-0.05, 0) is 40.4 Å². The second-order valence-electron chi connectivity index (χ2n) is 6.71. The molecule has 0 saturated heterocycles. The van der Waals surface area contributed by atoms with Crippen molar-refractivity contribution in [2.24, 2.45) is 0 Å². The van der Waals surface area contributed by atoms with E-state index in [1.54, 1.807) is 34.8 Å². The molecule has 1 aromatic carbocycles. The zero-order valence-corrected chi connectivity index (χ0v) is 16.3. The normalized spacial score (nSPS) is 11.2. The average Bonchev–Trinajstić information content (AvgIpc) is 3.32. The maximum Gasteiger partial charge on any atom is 0.320 e. The number of aromatic nitrogens is 4. The minimum absolute atomic E-state index is 0.0432. The third-order valence-electron chi connectivity index (χ3n) is 4.51. The van der Waals surface area contributed by atoms with Crippen LogP contribution in [0.3, 0.4) is 0 Å². The highest BCUT2D eigenvalue weighted by Gasteiger charge is 2.20. The van der Waals surface area contributed by atoms with E-state index in [0.717, 1.165) is 26.9 Å². The molecule has 0 saturated carbocycles. The maximum absolute atomic E-state index is 12.8. The molecule has 2 amide bonds. The number of amides is 2. The topological polar surface area (TPSA) is 66.6 Å². The molecule has 0 fully saturated rings. The van der Waals surface area contributed by atoms with E-state index in [1.165, 1.54) is 0 Å². The lowest BCUT2D eigenvalue weighted by Gasteiger charge is -2.26. The predicted molar refractivity (Wildman–Crippen MR) is 106 cm³/mol. The van der Waals surface area contributed by atoms with Gasteiger partial charge in [0.1, 0.15) is 0 Å². The molecular weight excluding hydrogens is 360 g/mol. The summed E-state index contributed by atoms with van der Waals surface area (Å²) in [4.78, 5) is 17.3. The third kappa shape index (κ3) is 3.23. The Morgan fingerprint density at radius 1 is 1.19 bits per heavy atom. The van der Waals surface area contributed by atoms with Crippen molar-refractivity contribution in [1.82, 2.24) is 29.8 Å². The Balaban J connectivity index is 1.79. The van der Waals surface area contributed by atoms with E-state index in [9.17, 15) is 4.79 Å². The summed E-state index contributed by atoms with van der Waals surface area (Å²) in [5, 5.41) is 15.3. The number of aryl methyl sites for hydroxylation is 1. The number of fused-ring (bicyclic) bond motifs is 3. The lowest BCUT2D eigenvalue weighted by atomic mass is 10.1. The second kappa shape index (κ2) is 6.96. The minimum atomic E-state index is -0.0432. The van der Waals surface area contributed by atoms with Gasteiger partial charge in [0.2, 0.25) is 0 Å². The van der Waals surface area contributed by atoms with Gasteiger partial charge in [-0.2, -0.15) is 4.52 Å². The molecule has 8 heteroatoms. The summed E-state index contributed by atoms with van der Waals surface area (Å²) in [6.45, 7) is 3.03. The van der Waals surface area contributed by atoms with Crippen LogP contribution in [0.5, 0.6) is 0 Å². The Kier molecular flexibility index (Phi) is 4.49. The van der Waals surface area contributed by atoms with Crippen LogP contribution in [-0.4, -0.2) is 50.0 Å². The number of carbonyl (C=O) groups is 1. The van der Waals surface area contributed by atoms with Crippen LogP contribution in [-0.2, 0) is 13.1 Å². The SMILES string of the molecule is Cc1cccc2cc(CN(Cc3cccs3)C(=O)N(C)C)c3nnnn3c12. The van der Waals surface area contributed by atoms with E-state index >= 15 is 0 Å². The van der Waals surface area contributed by atoms with Crippen LogP contribution in [0.25, 0.3) is 16.6 Å². The molecule has 3 heterocycles. The van der Waals surface area contributed by atoms with Gasteiger partial charge in [-0.25, -0.2) is 4.79 Å². The highest BCUT2D eigenvalue weighted by atomic mass is 32.1. The molecule has 0 spiro atoms. The lowest BCUT2D eigenvalue weighted by molar-refractivity contribution is 0.166. The molecule has 0 aliphatic carbocycles. The molecule has 4 rings (SSSR count). The lowest BCUT2D eigenvalue weighted by Crippen LogP contribution is -2.38. The Morgan fingerprint density at radius 2 is 2.04 bits per heavy atom. The van der Waals surface area contributed by atoms with E-state index < -0.39 is 0 Å². The molecule has 0 bridgehead atoms. The summed E-state index contributed by atoms with van der Waals surface area (Å²) < 4.78 is 1.77. The van der Waals surface area contributed by atoms with E-state index in [0.29, 0.717) is 18.7 Å². The Morgan fingerprint density at radius 3 is 2.78 bits per heavy atom. The smallest absolute Gasteiger partial charge is 0.320 e. The predicted octanol–water partition coefficient (Wildman–Crippen LogP) is 3.33. The number of para-hydroxylation sites is 1. The van der Waals surface area contributed by atoms with Gasteiger partial charge in [0.15, 0.2) is 5.65 Å². The van der Waals surface area contributed by atoms with Crippen LogP contribution in [0.4, 0.5) is 4.79 Å². The van der Waals surface area contributed by atoms with Gasteiger partial charge in [0, 0.05) is 29.9 Å². The van der Waals surface area contributed by atoms with E-state index in [-0.39, 0.29) is 6.03 Å². The van der Waals surface area contributed by atoms with E-state index in [1.807, 2.05) is 47.5 Å². The molecule has 0 atom stereocenters. The van der Waals surface area contributed by atoms with Gasteiger partial charge in [0.05, 0.1) is 18.6 Å². The first kappa shape index (κ1) is 17.4.